The summed E-state index contributed by atoms with van der Waals surface area (Å²) >= 11 is 0. The molecule has 2 aromatic heterocycles. The van der Waals surface area contributed by atoms with E-state index < -0.39 is 15.9 Å². The Bertz CT molecular complexity index is 1060. The smallest absolute Gasteiger partial charge is 0.252 e. The van der Waals surface area contributed by atoms with Crippen molar-refractivity contribution >= 4 is 15.9 Å². The molecule has 9 heteroatoms. The van der Waals surface area contributed by atoms with Crippen molar-refractivity contribution in [1.29, 1.82) is 0 Å². The van der Waals surface area contributed by atoms with Gasteiger partial charge in [-0.05, 0) is 42.0 Å². The summed E-state index contributed by atoms with van der Waals surface area (Å²) in [5.41, 5.74) is 6.65. The van der Waals surface area contributed by atoms with E-state index >= 15 is 0 Å². The number of nitrogens with two attached hydrogens (primary N) is 1. The molecule has 0 aliphatic carbocycles. The van der Waals surface area contributed by atoms with Gasteiger partial charge in [-0.1, -0.05) is 0 Å². The minimum absolute atomic E-state index is 0.0122. The van der Waals surface area contributed by atoms with Crippen molar-refractivity contribution in [3.05, 3.63) is 66.2 Å². The molecule has 3 aromatic rings. The number of carbonyl (C=O) groups excluding carboxylic acids is 1. The summed E-state index contributed by atoms with van der Waals surface area (Å²) in [7, 11) is -2.50. The van der Waals surface area contributed by atoms with Crippen LogP contribution in [0.15, 0.2) is 64.4 Å². The molecule has 0 unspecified atom stereocenters. The zero-order chi connectivity index (χ0) is 19.4. The molecule has 0 atom stereocenters. The van der Waals surface area contributed by atoms with Gasteiger partial charge in [0.2, 0.25) is 10.0 Å². The molecule has 0 aliphatic heterocycles. The summed E-state index contributed by atoms with van der Waals surface area (Å²) in [6, 6.07) is 9.22. The molecule has 27 heavy (non-hydrogen) atoms. The second-order valence-electron chi connectivity index (χ2n) is 5.61. The number of carbonyl (C=O) groups is 1. The third-order valence-electron chi connectivity index (χ3n) is 3.81. The van der Waals surface area contributed by atoms with Gasteiger partial charge in [0.25, 0.3) is 5.91 Å². The number of nitrogens with one attached hydrogen (secondary N) is 1. The van der Waals surface area contributed by atoms with Gasteiger partial charge in [-0.2, -0.15) is 0 Å². The van der Waals surface area contributed by atoms with Crippen LogP contribution in [-0.2, 0) is 16.6 Å². The lowest BCUT2D eigenvalue weighted by Crippen LogP contribution is -2.24. The Kier molecular flexibility index (Phi) is 5.24. The second-order valence-corrected chi connectivity index (χ2v) is 7.38. The van der Waals surface area contributed by atoms with E-state index in [4.69, 9.17) is 14.9 Å². The molecule has 0 bridgehead atoms. The van der Waals surface area contributed by atoms with Crippen LogP contribution < -0.4 is 15.2 Å². The molecule has 140 valence electrons. The number of primary amides is 1. The summed E-state index contributed by atoms with van der Waals surface area (Å²) in [5, 5.41) is 0. The number of hydrogen-bond donors (Lipinski definition) is 2. The van der Waals surface area contributed by atoms with E-state index in [1.54, 1.807) is 36.9 Å². The molecular weight excluding hydrogens is 370 g/mol. The Morgan fingerprint density at radius 3 is 2.74 bits per heavy atom. The summed E-state index contributed by atoms with van der Waals surface area (Å²) < 4.78 is 37.9. The van der Waals surface area contributed by atoms with Gasteiger partial charge >= 0.3 is 0 Å². The monoisotopic (exact) mass is 387 g/mol. The fraction of sp³-hybridized carbons (Fsp3) is 0.111. The van der Waals surface area contributed by atoms with E-state index in [0.29, 0.717) is 11.3 Å². The number of nitrogens with zero attached hydrogens (tertiary/aromatic N) is 1. The largest absolute Gasteiger partial charge is 0.496 e. The van der Waals surface area contributed by atoms with Crippen LogP contribution >= 0.6 is 0 Å². The molecule has 8 nitrogen and oxygen atoms in total. The predicted molar refractivity (Wildman–Crippen MR) is 97.5 cm³/mol. The summed E-state index contributed by atoms with van der Waals surface area (Å²) in [6.45, 7) is 0.0157. The van der Waals surface area contributed by atoms with Crippen LogP contribution in [0.25, 0.3) is 11.3 Å². The van der Waals surface area contributed by atoms with Crippen LogP contribution in [0.1, 0.15) is 15.9 Å². The zero-order valence-corrected chi connectivity index (χ0v) is 15.2. The standard InChI is InChI=1S/C18H17N3O5S/c1-25-17-5-4-14(8-15(17)18(19)22)27(23,24)21-10-12-7-13(11-20-9-12)16-3-2-6-26-16/h2-9,11,21H,10H2,1H3,(H2,19,22). The number of furan rings is 1. The molecule has 3 rings (SSSR count). The van der Waals surface area contributed by atoms with Crippen molar-refractivity contribution < 1.29 is 22.4 Å². The fourth-order valence-corrected chi connectivity index (χ4v) is 3.51. The number of rotatable bonds is 7. The highest BCUT2D eigenvalue weighted by molar-refractivity contribution is 7.89. The van der Waals surface area contributed by atoms with E-state index in [2.05, 4.69) is 9.71 Å². The van der Waals surface area contributed by atoms with Gasteiger partial charge in [-0.25, -0.2) is 13.1 Å². The average Bonchev–Trinajstić information content (AvgIpc) is 3.21. The van der Waals surface area contributed by atoms with Gasteiger partial charge in [0.15, 0.2) is 0 Å². The number of aromatic nitrogens is 1. The van der Waals surface area contributed by atoms with Gasteiger partial charge in [0.05, 0.1) is 23.8 Å². The number of methoxy groups -OCH3 is 1. The quantitative estimate of drug-likeness (QED) is 0.638. The highest BCUT2D eigenvalue weighted by atomic mass is 32.2. The molecule has 2 heterocycles. The predicted octanol–water partition coefficient (Wildman–Crippen LogP) is 1.93. The van der Waals surface area contributed by atoms with E-state index in [1.807, 2.05) is 0 Å². The lowest BCUT2D eigenvalue weighted by Gasteiger charge is -2.10. The van der Waals surface area contributed by atoms with Gasteiger partial charge < -0.3 is 14.9 Å². The van der Waals surface area contributed by atoms with Crippen LogP contribution in [0, 0.1) is 0 Å². The minimum atomic E-state index is -3.87. The molecule has 0 spiro atoms. The molecular formula is C18H17N3O5S. The zero-order valence-electron chi connectivity index (χ0n) is 14.4. The second kappa shape index (κ2) is 7.60. The number of sulfonamides is 1. The van der Waals surface area contributed by atoms with Crippen LogP contribution in [0.2, 0.25) is 0 Å². The molecule has 0 saturated heterocycles. The maximum atomic E-state index is 12.6. The van der Waals surface area contributed by atoms with E-state index in [9.17, 15) is 13.2 Å². The summed E-state index contributed by atoms with van der Waals surface area (Å²) in [5.74, 6) is 0.0597. The molecule has 0 fully saturated rings. The molecule has 1 aromatic carbocycles. The number of benzene rings is 1. The first kappa shape index (κ1) is 18.6. The van der Waals surface area contributed by atoms with Crippen molar-refractivity contribution in [1.82, 2.24) is 9.71 Å². The molecule has 0 aliphatic rings. The maximum Gasteiger partial charge on any atom is 0.252 e. The Hall–Kier alpha value is -3.17. The average molecular weight is 387 g/mol. The van der Waals surface area contributed by atoms with Crippen molar-refractivity contribution in [3.8, 4) is 17.1 Å². The normalized spacial score (nSPS) is 11.3. The van der Waals surface area contributed by atoms with Crippen LogP contribution in [0.3, 0.4) is 0 Å². The third-order valence-corrected chi connectivity index (χ3v) is 5.21. The third kappa shape index (κ3) is 4.15. The van der Waals surface area contributed by atoms with Gasteiger partial charge in [0, 0.05) is 24.5 Å². The van der Waals surface area contributed by atoms with Crippen LogP contribution in [0.4, 0.5) is 0 Å². The fourth-order valence-electron chi connectivity index (χ4n) is 2.47. The van der Waals surface area contributed by atoms with Gasteiger partial charge in [0.1, 0.15) is 11.5 Å². The van der Waals surface area contributed by atoms with Crippen molar-refractivity contribution in [2.75, 3.05) is 7.11 Å². The number of hydrogen-bond acceptors (Lipinski definition) is 6. The molecule has 0 saturated carbocycles. The van der Waals surface area contributed by atoms with Crippen molar-refractivity contribution in [2.24, 2.45) is 5.73 Å². The van der Waals surface area contributed by atoms with Crippen LogP contribution in [0.5, 0.6) is 5.75 Å². The SMILES string of the molecule is COc1ccc(S(=O)(=O)NCc2cncc(-c3ccco3)c2)cc1C(N)=O. The summed E-state index contributed by atoms with van der Waals surface area (Å²) in [4.78, 5) is 15.5. The lowest BCUT2D eigenvalue weighted by atomic mass is 10.2. The number of pyridine rings is 1. The Morgan fingerprint density at radius 2 is 2.07 bits per heavy atom. The topological polar surface area (TPSA) is 125 Å². The highest BCUT2D eigenvalue weighted by Gasteiger charge is 2.18. The summed E-state index contributed by atoms with van der Waals surface area (Å²) in [6.07, 6.45) is 4.72. The first-order valence-corrected chi connectivity index (χ1v) is 9.34. The Balaban J connectivity index is 1.81. The highest BCUT2D eigenvalue weighted by Crippen LogP contribution is 2.23. The molecule has 3 N–H and O–H groups in total. The van der Waals surface area contributed by atoms with E-state index in [-0.39, 0.29) is 22.8 Å². The number of amides is 1. The van der Waals surface area contributed by atoms with Crippen molar-refractivity contribution in [2.45, 2.75) is 11.4 Å². The Labute approximate surface area is 156 Å². The van der Waals surface area contributed by atoms with Crippen LogP contribution in [-0.4, -0.2) is 26.4 Å². The van der Waals surface area contributed by atoms with E-state index in [1.165, 1.54) is 25.3 Å². The molecule has 0 radical (unpaired) electrons. The Morgan fingerprint density at radius 1 is 1.26 bits per heavy atom. The number of ether oxygens (including phenoxy) is 1. The lowest BCUT2D eigenvalue weighted by molar-refractivity contribution is 0.0997. The first-order chi connectivity index (χ1) is 12.9. The van der Waals surface area contributed by atoms with Gasteiger partial charge in [-0.3, -0.25) is 9.78 Å². The molecule has 1 amide bonds. The van der Waals surface area contributed by atoms with Gasteiger partial charge in [-0.15, -0.1) is 0 Å². The first-order valence-electron chi connectivity index (χ1n) is 7.86. The van der Waals surface area contributed by atoms with Crippen molar-refractivity contribution in [3.63, 3.8) is 0 Å². The van der Waals surface area contributed by atoms with E-state index in [0.717, 1.165) is 5.56 Å². The maximum absolute atomic E-state index is 12.6. The minimum Gasteiger partial charge on any atom is -0.496 e.